The summed E-state index contributed by atoms with van der Waals surface area (Å²) in [5.41, 5.74) is 0. The third-order valence-corrected chi connectivity index (χ3v) is 1.96. The van der Waals surface area contributed by atoms with Gasteiger partial charge in [0, 0.05) is 6.61 Å². The molecule has 0 saturated carbocycles. The van der Waals surface area contributed by atoms with E-state index in [1.807, 2.05) is 0 Å². The summed E-state index contributed by atoms with van der Waals surface area (Å²) in [5.74, 6) is 0. The van der Waals surface area contributed by atoms with Crippen LogP contribution in [0.3, 0.4) is 0 Å². The molecule has 0 radical (unpaired) electrons. The van der Waals surface area contributed by atoms with Gasteiger partial charge in [-0.25, -0.2) is 0 Å². The maximum atomic E-state index is 8.62. The first-order valence-electron chi connectivity index (χ1n) is 3.84. The van der Waals surface area contributed by atoms with Crippen molar-refractivity contribution in [1.82, 2.24) is 6.15 Å². The predicted molar refractivity (Wildman–Crippen MR) is 55.4 cm³/mol. The van der Waals surface area contributed by atoms with Crippen molar-refractivity contribution >= 4 is 18.5 Å². The van der Waals surface area contributed by atoms with Gasteiger partial charge in [0.2, 0.25) is 0 Å². The molecule has 13 heavy (non-hydrogen) atoms. The van der Waals surface area contributed by atoms with Crippen molar-refractivity contribution < 1.29 is 19.0 Å². The first-order chi connectivity index (χ1) is 5.56. The van der Waals surface area contributed by atoms with Crippen LogP contribution in [0.2, 0.25) is 0 Å². The van der Waals surface area contributed by atoms with Crippen molar-refractivity contribution in [2.75, 3.05) is 19.8 Å². The molecule has 0 unspecified atom stereocenters. The van der Waals surface area contributed by atoms with Crippen LogP contribution in [-0.2, 0) is 21.1 Å². The van der Waals surface area contributed by atoms with Crippen LogP contribution in [0.15, 0.2) is 0 Å². The van der Waals surface area contributed by atoms with E-state index in [1.165, 1.54) is 0 Å². The topological polar surface area (TPSA) is 93.9 Å². The third kappa shape index (κ3) is 15.2. The lowest BCUT2D eigenvalue weighted by molar-refractivity contribution is 0.0924. The molecule has 0 bridgehead atoms. The SMILES string of the molecule is CCCCOCCOP(O)(O)=S.N. The molecule has 82 valence electrons. The van der Waals surface area contributed by atoms with Crippen molar-refractivity contribution in [3.63, 3.8) is 0 Å². The quantitative estimate of drug-likeness (QED) is 0.450. The van der Waals surface area contributed by atoms with Gasteiger partial charge in [-0.1, -0.05) is 13.3 Å². The number of unbranched alkanes of at least 4 members (excludes halogenated alkanes) is 1. The highest BCUT2D eigenvalue weighted by molar-refractivity contribution is 8.06. The van der Waals surface area contributed by atoms with Crippen molar-refractivity contribution in [3.05, 3.63) is 0 Å². The summed E-state index contributed by atoms with van der Waals surface area (Å²) in [6.45, 7) is -0.210. The van der Waals surface area contributed by atoms with Gasteiger partial charge in [0.15, 0.2) is 0 Å². The minimum Gasteiger partial charge on any atom is -0.379 e. The fourth-order valence-electron chi connectivity index (χ4n) is 0.564. The Morgan fingerprint density at radius 1 is 1.23 bits per heavy atom. The highest BCUT2D eigenvalue weighted by atomic mass is 32.5. The molecule has 0 aromatic heterocycles. The summed E-state index contributed by atoms with van der Waals surface area (Å²) in [5, 5.41) is 0. The molecule has 0 fully saturated rings. The summed E-state index contributed by atoms with van der Waals surface area (Å²) in [6, 6.07) is 0. The van der Waals surface area contributed by atoms with Gasteiger partial charge in [-0.3, -0.25) is 0 Å². The van der Waals surface area contributed by atoms with E-state index in [0.29, 0.717) is 13.2 Å². The lowest BCUT2D eigenvalue weighted by Crippen LogP contribution is -2.03. The van der Waals surface area contributed by atoms with E-state index in [0.717, 1.165) is 12.8 Å². The van der Waals surface area contributed by atoms with E-state index >= 15 is 0 Å². The lowest BCUT2D eigenvalue weighted by Gasteiger charge is -2.08. The largest absolute Gasteiger partial charge is 0.379 e. The molecule has 0 aromatic rings. The molecule has 0 rings (SSSR count). The average molecular weight is 231 g/mol. The lowest BCUT2D eigenvalue weighted by atomic mass is 10.4. The Labute approximate surface area is 83.9 Å². The average Bonchev–Trinajstić information content (AvgIpc) is 1.94. The minimum atomic E-state index is -3.47. The molecule has 0 atom stereocenters. The van der Waals surface area contributed by atoms with Crippen molar-refractivity contribution in [1.29, 1.82) is 0 Å². The summed E-state index contributed by atoms with van der Waals surface area (Å²) in [4.78, 5) is 17.2. The van der Waals surface area contributed by atoms with Gasteiger partial charge < -0.3 is 25.2 Å². The second-order valence-electron chi connectivity index (χ2n) is 2.29. The Morgan fingerprint density at radius 2 is 1.85 bits per heavy atom. The van der Waals surface area contributed by atoms with E-state index in [9.17, 15) is 0 Å². The zero-order valence-electron chi connectivity index (χ0n) is 7.81. The van der Waals surface area contributed by atoms with E-state index in [2.05, 4.69) is 23.3 Å². The fraction of sp³-hybridized carbons (Fsp3) is 1.00. The molecular formula is C6H18NO4PS. The highest BCUT2D eigenvalue weighted by Gasteiger charge is 2.05. The first kappa shape index (κ1) is 15.9. The Bertz CT molecular complexity index is 152. The Morgan fingerprint density at radius 3 is 2.31 bits per heavy atom. The number of hydrogen-bond acceptors (Lipinski definition) is 4. The van der Waals surface area contributed by atoms with Crippen LogP contribution < -0.4 is 6.15 Å². The van der Waals surface area contributed by atoms with Crippen LogP contribution in [-0.4, -0.2) is 29.6 Å². The molecule has 0 aliphatic rings. The molecule has 0 heterocycles. The van der Waals surface area contributed by atoms with Crippen LogP contribution in [0.1, 0.15) is 19.8 Å². The number of ether oxygens (including phenoxy) is 1. The van der Waals surface area contributed by atoms with Crippen LogP contribution >= 0.6 is 6.72 Å². The van der Waals surface area contributed by atoms with Gasteiger partial charge in [-0.15, -0.1) is 0 Å². The van der Waals surface area contributed by atoms with Crippen LogP contribution in [0.4, 0.5) is 0 Å². The zero-order chi connectivity index (χ0) is 9.45. The van der Waals surface area contributed by atoms with Gasteiger partial charge in [-0.05, 0) is 18.2 Å². The smallest absolute Gasteiger partial charge is 0.321 e. The molecule has 0 aliphatic carbocycles. The Balaban J connectivity index is 0. The van der Waals surface area contributed by atoms with Crippen LogP contribution in [0, 0.1) is 0 Å². The van der Waals surface area contributed by atoms with Gasteiger partial charge in [-0.2, -0.15) is 0 Å². The van der Waals surface area contributed by atoms with Crippen molar-refractivity contribution in [2.45, 2.75) is 19.8 Å². The summed E-state index contributed by atoms with van der Waals surface area (Å²) >= 11 is 4.23. The predicted octanol–water partition coefficient (Wildman–Crippen LogP) is 1.19. The van der Waals surface area contributed by atoms with Crippen molar-refractivity contribution in [2.24, 2.45) is 0 Å². The third-order valence-electron chi connectivity index (χ3n) is 1.13. The summed E-state index contributed by atoms with van der Waals surface area (Å²) in [6.07, 6.45) is 2.09. The zero-order valence-corrected chi connectivity index (χ0v) is 9.52. The first-order valence-corrected chi connectivity index (χ1v) is 6.46. The summed E-state index contributed by atoms with van der Waals surface area (Å²) < 4.78 is 9.62. The van der Waals surface area contributed by atoms with Crippen molar-refractivity contribution in [3.8, 4) is 0 Å². The van der Waals surface area contributed by atoms with Crippen LogP contribution in [0.25, 0.3) is 0 Å². The second kappa shape index (κ2) is 9.02. The van der Waals surface area contributed by atoms with E-state index < -0.39 is 6.72 Å². The minimum absolute atomic E-state index is 0. The summed E-state index contributed by atoms with van der Waals surface area (Å²) in [7, 11) is 0. The number of hydrogen-bond donors (Lipinski definition) is 3. The standard InChI is InChI=1S/C6H15O4PS.H3N/c1-2-3-4-9-5-6-10-11(7,8)12;/h2-6H2,1H3,(H2,7,8,12);1H3. The van der Waals surface area contributed by atoms with Gasteiger partial charge in [0.05, 0.1) is 13.2 Å². The molecule has 0 saturated heterocycles. The fourth-order valence-corrected chi connectivity index (χ4v) is 1.10. The molecular weight excluding hydrogens is 213 g/mol. The van der Waals surface area contributed by atoms with Gasteiger partial charge in [0.25, 0.3) is 0 Å². The molecule has 5 N–H and O–H groups in total. The molecule has 0 amide bonds. The molecule has 7 heteroatoms. The van der Waals surface area contributed by atoms with E-state index in [1.54, 1.807) is 0 Å². The monoisotopic (exact) mass is 231 g/mol. The molecule has 5 nitrogen and oxygen atoms in total. The molecule has 0 aromatic carbocycles. The molecule has 0 aliphatic heterocycles. The van der Waals surface area contributed by atoms with Gasteiger partial charge >= 0.3 is 6.72 Å². The van der Waals surface area contributed by atoms with Crippen LogP contribution in [0.5, 0.6) is 0 Å². The second-order valence-corrected chi connectivity index (χ2v) is 4.96. The highest BCUT2D eigenvalue weighted by Crippen LogP contribution is 2.35. The maximum Gasteiger partial charge on any atom is 0.321 e. The normalized spacial score (nSPS) is 11.0. The van der Waals surface area contributed by atoms with Gasteiger partial charge in [0.1, 0.15) is 0 Å². The Kier molecular flexibility index (Phi) is 11.0. The Hall–Kier alpha value is 0.450. The number of rotatable bonds is 7. The molecule has 0 spiro atoms. The maximum absolute atomic E-state index is 8.62. The van der Waals surface area contributed by atoms with E-state index in [4.69, 9.17) is 14.5 Å². The van der Waals surface area contributed by atoms with E-state index in [-0.39, 0.29) is 12.8 Å².